The molecule has 1 saturated heterocycles. The number of nitrogens with one attached hydrogen (secondary N) is 1. The molecule has 3 heterocycles. The second-order valence-corrected chi connectivity index (χ2v) is 6.50. The average molecular weight is 411 g/mol. The maximum absolute atomic E-state index is 13.4. The standard InChI is InChI=1S/C17H13F4N5O3/c1-26-11(6-12(24-26)17(19,20)21)14(27)23-16(7-28-8-16)15-22-13(25-29-15)9-3-2-4-10(18)5-9/h2-6H,7-8H2,1H3,(H,23,27). The summed E-state index contributed by atoms with van der Waals surface area (Å²) in [6.45, 7) is -0.0407. The highest BCUT2D eigenvalue weighted by Gasteiger charge is 2.48. The number of rotatable bonds is 4. The minimum Gasteiger partial charge on any atom is -0.375 e. The molecule has 0 unspecified atom stereocenters. The van der Waals surface area contributed by atoms with Gasteiger partial charge in [-0.15, -0.1) is 0 Å². The van der Waals surface area contributed by atoms with Gasteiger partial charge in [-0.05, 0) is 12.1 Å². The topological polar surface area (TPSA) is 95.1 Å². The fourth-order valence-electron chi connectivity index (χ4n) is 2.82. The first-order valence-corrected chi connectivity index (χ1v) is 8.30. The van der Waals surface area contributed by atoms with Crippen LogP contribution in [0.1, 0.15) is 22.1 Å². The third kappa shape index (κ3) is 3.46. The van der Waals surface area contributed by atoms with E-state index < -0.39 is 29.1 Å². The van der Waals surface area contributed by atoms with Gasteiger partial charge < -0.3 is 14.6 Å². The molecule has 12 heteroatoms. The van der Waals surface area contributed by atoms with E-state index in [2.05, 4.69) is 20.6 Å². The Morgan fingerprint density at radius 2 is 2.03 bits per heavy atom. The lowest BCUT2D eigenvalue weighted by Gasteiger charge is -2.38. The Morgan fingerprint density at radius 1 is 1.28 bits per heavy atom. The molecule has 1 aromatic carbocycles. The molecular formula is C17H13F4N5O3. The lowest BCUT2D eigenvalue weighted by atomic mass is 9.97. The van der Waals surface area contributed by atoms with Crippen LogP contribution in [-0.2, 0) is 23.5 Å². The minimum absolute atomic E-state index is 0.00502. The van der Waals surface area contributed by atoms with Gasteiger partial charge in [0.1, 0.15) is 11.5 Å². The predicted molar refractivity (Wildman–Crippen MR) is 87.9 cm³/mol. The highest BCUT2D eigenvalue weighted by Crippen LogP contribution is 2.32. The number of benzene rings is 1. The first-order valence-electron chi connectivity index (χ1n) is 8.30. The van der Waals surface area contributed by atoms with Crippen LogP contribution >= 0.6 is 0 Å². The lowest BCUT2D eigenvalue weighted by Crippen LogP contribution is -2.59. The van der Waals surface area contributed by atoms with Gasteiger partial charge >= 0.3 is 6.18 Å². The second kappa shape index (κ2) is 6.65. The number of hydrogen-bond donors (Lipinski definition) is 1. The van der Waals surface area contributed by atoms with E-state index in [1.807, 2.05) is 0 Å². The number of carbonyl (C=O) groups is 1. The van der Waals surface area contributed by atoms with E-state index in [4.69, 9.17) is 9.26 Å². The molecule has 1 aliphatic heterocycles. The maximum Gasteiger partial charge on any atom is 0.435 e. The number of halogens is 4. The van der Waals surface area contributed by atoms with Crippen molar-refractivity contribution in [2.75, 3.05) is 13.2 Å². The van der Waals surface area contributed by atoms with E-state index in [0.717, 1.165) is 4.68 Å². The summed E-state index contributed by atoms with van der Waals surface area (Å²) in [5, 5.41) is 9.68. The quantitative estimate of drug-likeness (QED) is 0.662. The van der Waals surface area contributed by atoms with Crippen molar-refractivity contribution in [2.24, 2.45) is 7.05 Å². The molecule has 1 amide bonds. The molecule has 4 rings (SSSR count). The van der Waals surface area contributed by atoms with Crippen LogP contribution in [0.3, 0.4) is 0 Å². The fraction of sp³-hybridized carbons (Fsp3) is 0.294. The lowest BCUT2D eigenvalue weighted by molar-refractivity contribution is -0.141. The number of aromatic nitrogens is 4. The van der Waals surface area contributed by atoms with Gasteiger partial charge in [-0.1, -0.05) is 17.3 Å². The highest BCUT2D eigenvalue weighted by atomic mass is 19.4. The number of carbonyl (C=O) groups excluding carboxylic acids is 1. The van der Waals surface area contributed by atoms with Crippen molar-refractivity contribution in [3.8, 4) is 11.4 Å². The maximum atomic E-state index is 13.4. The summed E-state index contributed by atoms with van der Waals surface area (Å²) >= 11 is 0. The van der Waals surface area contributed by atoms with Crippen molar-refractivity contribution >= 4 is 5.91 Å². The Kier molecular flexibility index (Phi) is 4.37. The van der Waals surface area contributed by atoms with Gasteiger partial charge in [-0.2, -0.15) is 23.3 Å². The molecule has 152 valence electrons. The van der Waals surface area contributed by atoms with Gasteiger partial charge in [0.15, 0.2) is 11.2 Å². The van der Waals surface area contributed by atoms with Gasteiger partial charge in [-0.25, -0.2) is 4.39 Å². The molecule has 1 N–H and O–H groups in total. The molecule has 0 aliphatic carbocycles. The Morgan fingerprint density at radius 3 is 2.62 bits per heavy atom. The summed E-state index contributed by atoms with van der Waals surface area (Å²) in [5.74, 6) is -1.21. The van der Waals surface area contributed by atoms with E-state index >= 15 is 0 Å². The average Bonchev–Trinajstić information content (AvgIpc) is 3.25. The molecule has 0 saturated carbocycles. The Bertz CT molecular complexity index is 1070. The Hall–Kier alpha value is -3.28. The van der Waals surface area contributed by atoms with Crippen LogP contribution in [0.5, 0.6) is 0 Å². The third-order valence-electron chi connectivity index (χ3n) is 4.37. The van der Waals surface area contributed by atoms with Gasteiger partial charge in [0.05, 0.1) is 13.2 Å². The van der Waals surface area contributed by atoms with Crippen LogP contribution in [0.15, 0.2) is 34.9 Å². The van der Waals surface area contributed by atoms with E-state index in [1.54, 1.807) is 6.07 Å². The van der Waals surface area contributed by atoms with Crippen LogP contribution in [0.4, 0.5) is 17.6 Å². The zero-order chi connectivity index (χ0) is 20.8. The van der Waals surface area contributed by atoms with Crippen LogP contribution < -0.4 is 5.32 Å². The van der Waals surface area contributed by atoms with Crippen molar-refractivity contribution in [3.05, 3.63) is 53.4 Å². The largest absolute Gasteiger partial charge is 0.435 e. The molecule has 3 aromatic rings. The summed E-state index contributed by atoms with van der Waals surface area (Å²) in [5.41, 5.74) is -2.33. The van der Waals surface area contributed by atoms with E-state index in [-0.39, 0.29) is 30.6 Å². The first-order chi connectivity index (χ1) is 13.7. The second-order valence-electron chi connectivity index (χ2n) is 6.50. The predicted octanol–water partition coefficient (Wildman–Crippen LogP) is 2.28. The van der Waals surface area contributed by atoms with Crippen molar-refractivity contribution in [3.63, 3.8) is 0 Å². The normalized spacial score (nSPS) is 15.8. The van der Waals surface area contributed by atoms with Crippen molar-refractivity contribution in [1.29, 1.82) is 0 Å². The highest BCUT2D eigenvalue weighted by molar-refractivity contribution is 5.93. The molecule has 1 aliphatic rings. The number of nitrogens with zero attached hydrogens (tertiary/aromatic N) is 4. The summed E-state index contributed by atoms with van der Waals surface area (Å²) < 4.78 is 63.1. The van der Waals surface area contributed by atoms with Crippen molar-refractivity contribution in [1.82, 2.24) is 25.2 Å². The van der Waals surface area contributed by atoms with E-state index in [9.17, 15) is 22.4 Å². The van der Waals surface area contributed by atoms with Crippen LogP contribution in [-0.4, -0.2) is 39.0 Å². The van der Waals surface area contributed by atoms with E-state index in [0.29, 0.717) is 11.6 Å². The number of hydrogen-bond acceptors (Lipinski definition) is 6. The fourth-order valence-corrected chi connectivity index (χ4v) is 2.82. The zero-order valence-corrected chi connectivity index (χ0v) is 14.8. The summed E-state index contributed by atoms with van der Waals surface area (Å²) in [7, 11) is 1.23. The van der Waals surface area contributed by atoms with Crippen molar-refractivity contribution in [2.45, 2.75) is 11.7 Å². The molecule has 1 fully saturated rings. The first kappa shape index (κ1) is 19.1. The SMILES string of the molecule is Cn1nc(C(F)(F)F)cc1C(=O)NC1(c2nc(-c3cccc(F)c3)no2)COC1. The van der Waals surface area contributed by atoms with E-state index in [1.165, 1.54) is 25.2 Å². The number of alkyl halides is 3. The summed E-state index contributed by atoms with van der Waals surface area (Å²) in [4.78, 5) is 16.8. The van der Waals surface area contributed by atoms with Crippen LogP contribution in [0, 0.1) is 5.82 Å². The number of ether oxygens (including phenoxy) is 1. The third-order valence-corrected chi connectivity index (χ3v) is 4.37. The van der Waals surface area contributed by atoms with Gasteiger partial charge in [0, 0.05) is 18.7 Å². The van der Waals surface area contributed by atoms with Crippen LogP contribution in [0.25, 0.3) is 11.4 Å². The van der Waals surface area contributed by atoms with Gasteiger partial charge in [0.25, 0.3) is 11.8 Å². The molecule has 8 nitrogen and oxygen atoms in total. The molecule has 29 heavy (non-hydrogen) atoms. The summed E-state index contributed by atoms with van der Waals surface area (Å²) in [6, 6.07) is 6.18. The Balaban J connectivity index is 1.59. The van der Waals surface area contributed by atoms with Gasteiger partial charge in [0.2, 0.25) is 5.82 Å². The smallest absolute Gasteiger partial charge is 0.375 e. The van der Waals surface area contributed by atoms with Crippen LogP contribution in [0.2, 0.25) is 0 Å². The molecule has 0 atom stereocenters. The molecule has 0 radical (unpaired) electrons. The molecular weight excluding hydrogens is 398 g/mol. The Labute approximate surface area is 160 Å². The molecule has 0 bridgehead atoms. The molecule has 0 spiro atoms. The monoisotopic (exact) mass is 411 g/mol. The number of amides is 1. The van der Waals surface area contributed by atoms with Crippen molar-refractivity contribution < 1.29 is 31.6 Å². The molecule has 2 aromatic heterocycles. The number of aryl methyl sites for hydroxylation is 1. The summed E-state index contributed by atoms with van der Waals surface area (Å²) in [6.07, 6.45) is -4.68. The zero-order valence-electron chi connectivity index (χ0n) is 14.8. The van der Waals surface area contributed by atoms with Gasteiger partial charge in [-0.3, -0.25) is 9.48 Å². The minimum atomic E-state index is -4.68.